The van der Waals surface area contributed by atoms with Crippen LogP contribution in [-0.4, -0.2) is 51.7 Å². The Labute approximate surface area is 222 Å². The standard InChI is InChI=1S/C30H32N2O6/c1-6-17-38-22-10-7-9-21(18-22)32-27(19-13-15-20(16-14-19)31(2)3)26(29(34)30(32)35)28(33)25-23(36-4)11-8-12-24(25)37-5/h7-16,18,27,33H,6,17H2,1-5H3/b28-26+. The second kappa shape index (κ2) is 11.3. The van der Waals surface area contributed by atoms with E-state index in [0.29, 0.717) is 35.1 Å². The highest BCUT2D eigenvalue weighted by molar-refractivity contribution is 6.51. The van der Waals surface area contributed by atoms with Gasteiger partial charge in [0.15, 0.2) is 0 Å². The topological polar surface area (TPSA) is 88.5 Å². The third kappa shape index (κ3) is 4.89. The number of aliphatic hydroxyl groups excluding tert-OH is 1. The molecule has 1 atom stereocenters. The van der Waals surface area contributed by atoms with Crippen molar-refractivity contribution in [3.63, 3.8) is 0 Å². The quantitative estimate of drug-likeness (QED) is 0.238. The maximum absolute atomic E-state index is 13.6. The number of benzene rings is 3. The molecule has 1 N–H and O–H groups in total. The molecule has 1 aliphatic rings. The summed E-state index contributed by atoms with van der Waals surface area (Å²) in [6, 6.07) is 18.7. The number of carbonyl (C=O) groups excluding carboxylic acids is 2. The number of ether oxygens (including phenoxy) is 3. The summed E-state index contributed by atoms with van der Waals surface area (Å²) in [6.07, 6.45) is 0.827. The van der Waals surface area contributed by atoms with Crippen LogP contribution in [-0.2, 0) is 9.59 Å². The zero-order valence-electron chi connectivity index (χ0n) is 22.2. The number of nitrogens with zero attached hydrogens (tertiary/aromatic N) is 2. The summed E-state index contributed by atoms with van der Waals surface area (Å²) in [7, 11) is 6.78. The molecular weight excluding hydrogens is 484 g/mol. The lowest BCUT2D eigenvalue weighted by atomic mass is 9.94. The van der Waals surface area contributed by atoms with Gasteiger partial charge >= 0.3 is 0 Å². The molecule has 1 fully saturated rings. The van der Waals surface area contributed by atoms with Gasteiger partial charge in [-0.1, -0.05) is 31.2 Å². The van der Waals surface area contributed by atoms with E-state index in [0.717, 1.165) is 12.1 Å². The highest BCUT2D eigenvalue weighted by atomic mass is 16.5. The van der Waals surface area contributed by atoms with Crippen LogP contribution in [0.1, 0.15) is 30.5 Å². The van der Waals surface area contributed by atoms with Gasteiger partial charge in [-0.2, -0.15) is 0 Å². The van der Waals surface area contributed by atoms with E-state index in [2.05, 4.69) is 0 Å². The number of amides is 1. The van der Waals surface area contributed by atoms with E-state index in [1.165, 1.54) is 19.1 Å². The van der Waals surface area contributed by atoms with Gasteiger partial charge < -0.3 is 24.2 Å². The average Bonchev–Trinajstić information content (AvgIpc) is 3.21. The molecule has 1 amide bonds. The zero-order valence-corrected chi connectivity index (χ0v) is 22.2. The minimum atomic E-state index is -0.901. The van der Waals surface area contributed by atoms with Crippen LogP contribution in [0.25, 0.3) is 5.76 Å². The summed E-state index contributed by atoms with van der Waals surface area (Å²) in [4.78, 5) is 30.5. The van der Waals surface area contributed by atoms with Crippen LogP contribution >= 0.6 is 0 Å². The molecule has 3 aromatic carbocycles. The molecule has 1 unspecified atom stereocenters. The first-order valence-electron chi connectivity index (χ1n) is 12.3. The minimum absolute atomic E-state index is 0.0599. The fourth-order valence-electron chi connectivity index (χ4n) is 4.53. The van der Waals surface area contributed by atoms with Gasteiger partial charge in [-0.05, 0) is 48.4 Å². The molecule has 198 valence electrons. The van der Waals surface area contributed by atoms with E-state index < -0.39 is 17.7 Å². The Morgan fingerprint density at radius 1 is 0.947 bits per heavy atom. The Morgan fingerprint density at radius 2 is 1.58 bits per heavy atom. The minimum Gasteiger partial charge on any atom is -0.506 e. The summed E-state index contributed by atoms with van der Waals surface area (Å²) in [5, 5.41) is 11.6. The highest BCUT2D eigenvalue weighted by Gasteiger charge is 2.47. The molecule has 0 aliphatic carbocycles. The zero-order chi connectivity index (χ0) is 27.4. The predicted octanol–water partition coefficient (Wildman–Crippen LogP) is 5.18. The Balaban J connectivity index is 1.96. The molecule has 0 radical (unpaired) electrons. The molecule has 0 bridgehead atoms. The van der Waals surface area contributed by atoms with E-state index in [1.807, 2.05) is 50.2 Å². The molecule has 3 aromatic rings. The largest absolute Gasteiger partial charge is 0.506 e. The first kappa shape index (κ1) is 26.6. The molecule has 1 aliphatic heterocycles. The molecule has 4 rings (SSSR count). The van der Waals surface area contributed by atoms with Crippen molar-refractivity contribution in [2.45, 2.75) is 19.4 Å². The third-order valence-electron chi connectivity index (χ3n) is 6.40. The van der Waals surface area contributed by atoms with E-state index >= 15 is 0 Å². The van der Waals surface area contributed by atoms with E-state index in [1.54, 1.807) is 42.5 Å². The Morgan fingerprint density at radius 3 is 2.16 bits per heavy atom. The van der Waals surface area contributed by atoms with Crippen LogP contribution in [0.4, 0.5) is 11.4 Å². The molecular formula is C30H32N2O6. The van der Waals surface area contributed by atoms with Gasteiger partial charge in [0.05, 0.1) is 32.4 Å². The van der Waals surface area contributed by atoms with Crippen molar-refractivity contribution < 1.29 is 28.9 Å². The molecule has 38 heavy (non-hydrogen) atoms. The maximum Gasteiger partial charge on any atom is 0.300 e. The molecule has 1 saturated heterocycles. The van der Waals surface area contributed by atoms with Crippen LogP contribution in [0.3, 0.4) is 0 Å². The van der Waals surface area contributed by atoms with Crippen molar-refractivity contribution in [2.24, 2.45) is 0 Å². The highest BCUT2D eigenvalue weighted by Crippen LogP contribution is 2.45. The van der Waals surface area contributed by atoms with Crippen LogP contribution < -0.4 is 24.0 Å². The molecule has 8 nitrogen and oxygen atoms in total. The molecule has 0 aromatic heterocycles. The van der Waals surface area contributed by atoms with Gasteiger partial charge in [0.25, 0.3) is 11.7 Å². The van der Waals surface area contributed by atoms with Crippen molar-refractivity contribution in [3.8, 4) is 17.2 Å². The van der Waals surface area contributed by atoms with Gasteiger partial charge in [0.1, 0.15) is 28.6 Å². The number of anilines is 2. The third-order valence-corrected chi connectivity index (χ3v) is 6.40. The molecule has 1 heterocycles. The molecule has 0 spiro atoms. The van der Waals surface area contributed by atoms with Gasteiger partial charge in [-0.25, -0.2) is 0 Å². The first-order chi connectivity index (χ1) is 18.3. The van der Waals surface area contributed by atoms with Crippen molar-refractivity contribution in [3.05, 3.63) is 83.4 Å². The van der Waals surface area contributed by atoms with Gasteiger partial charge in [0, 0.05) is 31.5 Å². The van der Waals surface area contributed by atoms with Crippen LogP contribution in [0.2, 0.25) is 0 Å². The Hall–Kier alpha value is -4.46. The monoisotopic (exact) mass is 516 g/mol. The van der Waals surface area contributed by atoms with Gasteiger partial charge in [-0.15, -0.1) is 0 Å². The number of hydrogen-bond donors (Lipinski definition) is 1. The van der Waals surface area contributed by atoms with Crippen molar-refractivity contribution in [2.75, 3.05) is 44.7 Å². The number of hydrogen-bond acceptors (Lipinski definition) is 7. The summed E-state index contributed by atoms with van der Waals surface area (Å²) >= 11 is 0. The lowest BCUT2D eigenvalue weighted by molar-refractivity contribution is -0.132. The van der Waals surface area contributed by atoms with Gasteiger partial charge in [0.2, 0.25) is 0 Å². The number of rotatable bonds is 9. The maximum atomic E-state index is 13.6. The normalized spacial score (nSPS) is 16.4. The SMILES string of the molecule is CCCOc1cccc(N2C(=O)C(=O)/C(=C(/O)c3c(OC)cccc3OC)C2c2ccc(N(C)C)cc2)c1. The second-order valence-electron chi connectivity index (χ2n) is 9.04. The van der Waals surface area contributed by atoms with E-state index in [-0.39, 0.29) is 16.9 Å². The van der Waals surface area contributed by atoms with E-state index in [4.69, 9.17) is 14.2 Å². The number of carbonyl (C=O) groups is 2. The fourth-order valence-corrected chi connectivity index (χ4v) is 4.53. The average molecular weight is 517 g/mol. The summed E-state index contributed by atoms with van der Waals surface area (Å²) in [6.45, 7) is 2.53. The first-order valence-corrected chi connectivity index (χ1v) is 12.3. The lowest BCUT2D eigenvalue weighted by Crippen LogP contribution is -2.29. The summed E-state index contributed by atoms with van der Waals surface area (Å²) in [5.41, 5.74) is 2.23. The molecule has 0 saturated carbocycles. The van der Waals surface area contributed by atoms with Crippen LogP contribution in [0.5, 0.6) is 17.2 Å². The van der Waals surface area contributed by atoms with Crippen molar-refractivity contribution >= 4 is 28.8 Å². The van der Waals surface area contributed by atoms with E-state index in [9.17, 15) is 14.7 Å². The summed E-state index contributed by atoms with van der Waals surface area (Å²) < 4.78 is 16.7. The fraction of sp³-hybridized carbons (Fsp3) is 0.267. The smallest absolute Gasteiger partial charge is 0.300 e. The van der Waals surface area contributed by atoms with Crippen molar-refractivity contribution in [1.82, 2.24) is 0 Å². The Kier molecular flexibility index (Phi) is 7.90. The van der Waals surface area contributed by atoms with Gasteiger partial charge in [-0.3, -0.25) is 14.5 Å². The lowest BCUT2D eigenvalue weighted by Gasteiger charge is -2.26. The predicted molar refractivity (Wildman–Crippen MR) is 147 cm³/mol. The number of aliphatic hydroxyl groups is 1. The number of Topliss-reactive ketones (excluding diaryl/α,β-unsaturated/α-hetero) is 1. The Bertz CT molecular complexity index is 1340. The summed E-state index contributed by atoms with van der Waals surface area (Å²) in [5.74, 6) is -0.735. The number of ketones is 1. The van der Waals surface area contributed by atoms with Crippen molar-refractivity contribution in [1.29, 1.82) is 0 Å². The molecule has 8 heteroatoms. The van der Waals surface area contributed by atoms with Crippen LogP contribution in [0.15, 0.2) is 72.3 Å². The number of methoxy groups -OCH3 is 2. The van der Waals surface area contributed by atoms with Crippen LogP contribution in [0, 0.1) is 0 Å². The second-order valence-corrected chi connectivity index (χ2v) is 9.04.